The fourth-order valence-corrected chi connectivity index (χ4v) is 2.22. The van der Waals surface area contributed by atoms with Crippen LogP contribution >= 0.6 is 0 Å². The fraction of sp³-hybridized carbons (Fsp3) is 0.0625. The van der Waals surface area contributed by atoms with Gasteiger partial charge in [-0.1, -0.05) is 0 Å². The number of benzene rings is 1. The van der Waals surface area contributed by atoms with Gasteiger partial charge in [0.05, 0.1) is 11.6 Å². The molecule has 3 N–H and O–H groups in total. The van der Waals surface area contributed by atoms with Gasteiger partial charge in [-0.15, -0.1) is 0 Å². The standard InChI is InChI=1S/C16H11N5O4/c1-21-13-12(15(24)20-16(21)25)18-10(14(23)19-13)6-11(22)9-4-2-8(7-17)3-5-9/h2-6,22H,1H3,(H,19,23)(H,20,24,25). The molecule has 0 fully saturated rings. The lowest BCUT2D eigenvalue weighted by Crippen LogP contribution is -2.31. The highest BCUT2D eigenvalue weighted by molar-refractivity contribution is 5.77. The minimum atomic E-state index is -0.748. The summed E-state index contributed by atoms with van der Waals surface area (Å²) in [7, 11) is 1.38. The average molecular weight is 337 g/mol. The summed E-state index contributed by atoms with van der Waals surface area (Å²) in [5.74, 6) is -0.261. The van der Waals surface area contributed by atoms with Crippen molar-refractivity contribution in [3.8, 4) is 6.07 Å². The molecule has 0 saturated carbocycles. The molecule has 0 spiro atoms. The maximum atomic E-state index is 12.1. The van der Waals surface area contributed by atoms with Crippen LogP contribution < -0.4 is 16.8 Å². The van der Waals surface area contributed by atoms with Gasteiger partial charge < -0.3 is 10.1 Å². The van der Waals surface area contributed by atoms with Gasteiger partial charge in [0.15, 0.2) is 5.52 Å². The Morgan fingerprint density at radius 2 is 1.88 bits per heavy atom. The van der Waals surface area contributed by atoms with Crippen molar-refractivity contribution in [1.82, 2.24) is 19.5 Å². The number of hydrogen-bond donors (Lipinski definition) is 3. The van der Waals surface area contributed by atoms with E-state index in [0.29, 0.717) is 11.1 Å². The Morgan fingerprint density at radius 3 is 2.52 bits per heavy atom. The molecule has 0 aliphatic carbocycles. The summed E-state index contributed by atoms with van der Waals surface area (Å²) in [5.41, 5.74) is -1.66. The van der Waals surface area contributed by atoms with Gasteiger partial charge in [0.25, 0.3) is 11.1 Å². The molecule has 1 aromatic carbocycles. The normalized spacial score (nSPS) is 11.4. The van der Waals surface area contributed by atoms with Crippen LogP contribution in [0.5, 0.6) is 0 Å². The van der Waals surface area contributed by atoms with E-state index in [4.69, 9.17) is 5.26 Å². The topological polar surface area (TPSA) is 145 Å². The molecule has 2 aromatic heterocycles. The van der Waals surface area contributed by atoms with Crippen LogP contribution in [0.25, 0.3) is 23.0 Å². The molecule has 0 radical (unpaired) electrons. The quantitative estimate of drug-likeness (QED) is 0.571. The van der Waals surface area contributed by atoms with Crippen LogP contribution in [-0.2, 0) is 7.05 Å². The number of aliphatic hydroxyl groups is 1. The van der Waals surface area contributed by atoms with Crippen LogP contribution in [0.15, 0.2) is 38.6 Å². The van der Waals surface area contributed by atoms with Gasteiger partial charge in [-0.3, -0.25) is 19.1 Å². The fourth-order valence-electron chi connectivity index (χ4n) is 2.22. The van der Waals surface area contributed by atoms with E-state index in [1.54, 1.807) is 0 Å². The highest BCUT2D eigenvalue weighted by Gasteiger charge is 2.11. The third-order valence-corrected chi connectivity index (χ3v) is 3.58. The lowest BCUT2D eigenvalue weighted by molar-refractivity contribution is 0.515. The zero-order valence-corrected chi connectivity index (χ0v) is 12.9. The lowest BCUT2D eigenvalue weighted by Gasteiger charge is -2.04. The van der Waals surface area contributed by atoms with E-state index in [1.165, 1.54) is 31.3 Å². The van der Waals surface area contributed by atoms with E-state index in [-0.39, 0.29) is 22.6 Å². The number of fused-ring (bicyclic) bond motifs is 1. The Kier molecular flexibility index (Phi) is 3.79. The summed E-state index contributed by atoms with van der Waals surface area (Å²) in [6.07, 6.45) is 1.10. The van der Waals surface area contributed by atoms with Crippen molar-refractivity contribution < 1.29 is 5.11 Å². The van der Waals surface area contributed by atoms with Crippen molar-refractivity contribution in [2.45, 2.75) is 0 Å². The van der Waals surface area contributed by atoms with Gasteiger partial charge in [0, 0.05) is 18.7 Å². The predicted molar refractivity (Wildman–Crippen MR) is 89.9 cm³/mol. The molecule has 0 unspecified atom stereocenters. The van der Waals surface area contributed by atoms with E-state index < -0.39 is 16.8 Å². The van der Waals surface area contributed by atoms with Gasteiger partial charge in [-0.25, -0.2) is 9.78 Å². The van der Waals surface area contributed by atoms with Crippen molar-refractivity contribution in [2.75, 3.05) is 0 Å². The average Bonchev–Trinajstić information content (AvgIpc) is 2.61. The molecule has 0 atom stereocenters. The SMILES string of the molecule is Cn1c(=O)[nH]c(=O)c2nc(C=C(O)c3ccc(C#N)cc3)c(=O)[nH]c21. The number of nitrogens with one attached hydrogen (secondary N) is 2. The molecular formula is C16H11N5O4. The maximum absolute atomic E-state index is 12.1. The van der Waals surface area contributed by atoms with Crippen LogP contribution in [0, 0.1) is 11.3 Å². The first-order valence-electron chi connectivity index (χ1n) is 7.05. The van der Waals surface area contributed by atoms with Crippen LogP contribution in [-0.4, -0.2) is 24.6 Å². The first kappa shape index (κ1) is 15.9. The maximum Gasteiger partial charge on any atom is 0.329 e. The number of aromatic nitrogens is 4. The number of nitriles is 1. The minimum Gasteiger partial charge on any atom is -0.507 e. The molecule has 0 bridgehead atoms. The number of aromatic amines is 2. The van der Waals surface area contributed by atoms with E-state index >= 15 is 0 Å². The number of nitrogens with zero attached hydrogens (tertiary/aromatic N) is 3. The lowest BCUT2D eigenvalue weighted by atomic mass is 10.1. The second kappa shape index (κ2) is 5.93. The Hall–Kier alpha value is -3.93. The van der Waals surface area contributed by atoms with Crippen molar-refractivity contribution in [3.05, 3.63) is 72.3 Å². The Labute approximate surface area is 139 Å². The van der Waals surface area contributed by atoms with E-state index in [9.17, 15) is 19.5 Å². The van der Waals surface area contributed by atoms with Crippen LogP contribution in [0.2, 0.25) is 0 Å². The number of aryl methyl sites for hydroxylation is 1. The van der Waals surface area contributed by atoms with E-state index in [1.807, 2.05) is 6.07 Å². The summed E-state index contributed by atoms with van der Waals surface area (Å²) in [6.45, 7) is 0. The zero-order valence-electron chi connectivity index (χ0n) is 12.9. The molecule has 124 valence electrons. The Balaban J connectivity index is 2.17. The zero-order chi connectivity index (χ0) is 18.1. The Bertz CT molecular complexity index is 1220. The molecule has 0 aliphatic rings. The van der Waals surface area contributed by atoms with Gasteiger partial charge in [-0.2, -0.15) is 5.26 Å². The highest BCUT2D eigenvalue weighted by atomic mass is 16.3. The summed E-state index contributed by atoms with van der Waals surface area (Å²) in [4.78, 5) is 44.0. The van der Waals surface area contributed by atoms with Gasteiger partial charge in [0.1, 0.15) is 17.1 Å². The molecule has 0 saturated heterocycles. The number of rotatable bonds is 2. The second-order valence-electron chi connectivity index (χ2n) is 5.19. The largest absolute Gasteiger partial charge is 0.507 e. The predicted octanol–water partition coefficient (Wildman–Crippen LogP) is 0.238. The third-order valence-electron chi connectivity index (χ3n) is 3.58. The van der Waals surface area contributed by atoms with E-state index in [2.05, 4.69) is 15.0 Å². The van der Waals surface area contributed by atoms with Gasteiger partial charge >= 0.3 is 5.69 Å². The van der Waals surface area contributed by atoms with Gasteiger partial charge in [-0.05, 0) is 24.3 Å². The van der Waals surface area contributed by atoms with Crippen LogP contribution in [0.4, 0.5) is 0 Å². The molecule has 0 amide bonds. The van der Waals surface area contributed by atoms with Crippen LogP contribution in [0.1, 0.15) is 16.8 Å². The molecule has 9 heteroatoms. The second-order valence-corrected chi connectivity index (χ2v) is 5.19. The minimum absolute atomic E-state index is 0.0197. The molecule has 9 nitrogen and oxygen atoms in total. The smallest absolute Gasteiger partial charge is 0.329 e. The summed E-state index contributed by atoms with van der Waals surface area (Å²) in [6, 6.07) is 8.00. The Morgan fingerprint density at radius 1 is 1.20 bits per heavy atom. The number of hydrogen-bond acceptors (Lipinski definition) is 6. The third kappa shape index (κ3) is 2.84. The monoisotopic (exact) mass is 337 g/mol. The van der Waals surface area contributed by atoms with Crippen molar-refractivity contribution in [1.29, 1.82) is 5.26 Å². The summed E-state index contributed by atoms with van der Waals surface area (Å²) < 4.78 is 1.05. The number of H-pyrrole nitrogens is 2. The molecule has 2 heterocycles. The molecule has 3 aromatic rings. The molecule has 3 rings (SSSR count). The first-order valence-corrected chi connectivity index (χ1v) is 7.05. The highest BCUT2D eigenvalue weighted by Crippen LogP contribution is 2.14. The molecule has 25 heavy (non-hydrogen) atoms. The van der Waals surface area contributed by atoms with E-state index in [0.717, 1.165) is 10.6 Å². The summed E-state index contributed by atoms with van der Waals surface area (Å²) in [5, 5.41) is 18.9. The number of aliphatic hydroxyl groups excluding tert-OH is 1. The molecule has 0 aliphatic heterocycles. The van der Waals surface area contributed by atoms with Crippen molar-refractivity contribution >= 4 is 23.0 Å². The first-order chi connectivity index (χ1) is 11.9. The van der Waals surface area contributed by atoms with Gasteiger partial charge in [0.2, 0.25) is 0 Å². The summed E-state index contributed by atoms with van der Waals surface area (Å²) >= 11 is 0. The molecular weight excluding hydrogens is 326 g/mol. The van der Waals surface area contributed by atoms with Crippen molar-refractivity contribution in [2.24, 2.45) is 7.05 Å². The van der Waals surface area contributed by atoms with Crippen molar-refractivity contribution in [3.63, 3.8) is 0 Å². The van der Waals surface area contributed by atoms with Crippen LogP contribution in [0.3, 0.4) is 0 Å².